The van der Waals surface area contributed by atoms with Gasteiger partial charge in [0.15, 0.2) is 17.6 Å². The van der Waals surface area contributed by atoms with Gasteiger partial charge in [0.25, 0.3) is 5.91 Å². The number of fused-ring (bicyclic) bond motifs is 1. The van der Waals surface area contributed by atoms with Crippen LogP contribution in [0.4, 0.5) is 0 Å². The van der Waals surface area contributed by atoms with E-state index in [0.29, 0.717) is 22.9 Å². The zero-order valence-corrected chi connectivity index (χ0v) is 15.8. The Balaban J connectivity index is 1.53. The second kappa shape index (κ2) is 7.78. The van der Waals surface area contributed by atoms with Crippen molar-refractivity contribution in [3.8, 4) is 11.5 Å². The molecule has 1 amide bonds. The molecule has 1 aliphatic rings. The number of esters is 1. The Morgan fingerprint density at radius 3 is 2.77 bits per heavy atom. The average Bonchev–Trinajstić information content (AvgIpc) is 3.24. The van der Waals surface area contributed by atoms with Gasteiger partial charge in [-0.2, -0.15) is 0 Å². The standard InChI is InChI=1S/C19H21NO5S/c1-4-14-8-17(26-12(14)3)19(22)25-11(2)18(21)20-9-13-5-6-15-16(7-13)24-10-23-15/h5-8,11H,4,9-10H2,1-3H3,(H,20,21)/t11-/m0/s1. The van der Waals surface area contributed by atoms with Crippen LogP contribution >= 0.6 is 11.3 Å². The van der Waals surface area contributed by atoms with Crippen molar-refractivity contribution in [3.05, 3.63) is 45.1 Å². The van der Waals surface area contributed by atoms with Crippen LogP contribution in [0.5, 0.6) is 11.5 Å². The van der Waals surface area contributed by atoms with E-state index in [1.165, 1.54) is 11.3 Å². The Morgan fingerprint density at radius 2 is 2.04 bits per heavy atom. The number of carbonyl (C=O) groups excluding carboxylic acids is 2. The van der Waals surface area contributed by atoms with Crippen LogP contribution in [0.1, 0.15) is 39.5 Å². The summed E-state index contributed by atoms with van der Waals surface area (Å²) in [6.07, 6.45) is -0.00902. The van der Waals surface area contributed by atoms with Crippen molar-refractivity contribution in [1.29, 1.82) is 0 Å². The molecule has 1 aromatic carbocycles. The van der Waals surface area contributed by atoms with Crippen LogP contribution in [0.3, 0.4) is 0 Å². The Labute approximate surface area is 156 Å². The molecule has 0 aliphatic carbocycles. The topological polar surface area (TPSA) is 73.9 Å². The summed E-state index contributed by atoms with van der Waals surface area (Å²) in [7, 11) is 0. The van der Waals surface area contributed by atoms with Crippen molar-refractivity contribution in [1.82, 2.24) is 5.32 Å². The first-order chi connectivity index (χ1) is 12.5. The summed E-state index contributed by atoms with van der Waals surface area (Å²) in [5.74, 6) is 0.541. The van der Waals surface area contributed by atoms with Crippen LogP contribution in [0.25, 0.3) is 0 Å². The Hall–Kier alpha value is -2.54. The molecule has 0 fully saturated rings. The molecular weight excluding hydrogens is 354 g/mol. The smallest absolute Gasteiger partial charge is 0.349 e. The summed E-state index contributed by atoms with van der Waals surface area (Å²) in [5.41, 5.74) is 2.00. The number of ether oxygens (including phenoxy) is 3. The van der Waals surface area contributed by atoms with Crippen molar-refractivity contribution in [2.75, 3.05) is 6.79 Å². The first-order valence-corrected chi connectivity index (χ1v) is 9.26. The zero-order valence-electron chi connectivity index (χ0n) is 15.0. The van der Waals surface area contributed by atoms with E-state index in [4.69, 9.17) is 14.2 Å². The SMILES string of the molecule is CCc1cc(C(=O)O[C@@H](C)C(=O)NCc2ccc3c(c2)OCO3)sc1C. The summed E-state index contributed by atoms with van der Waals surface area (Å²) >= 11 is 1.39. The lowest BCUT2D eigenvalue weighted by molar-refractivity contribution is -0.129. The van der Waals surface area contributed by atoms with Gasteiger partial charge in [0.05, 0.1) is 0 Å². The number of carbonyl (C=O) groups is 2. The minimum absolute atomic E-state index is 0.208. The van der Waals surface area contributed by atoms with E-state index in [1.807, 2.05) is 32.0 Å². The summed E-state index contributed by atoms with van der Waals surface area (Å²) in [6.45, 7) is 6.10. The lowest BCUT2D eigenvalue weighted by Gasteiger charge is -2.13. The molecule has 0 radical (unpaired) electrons. The van der Waals surface area contributed by atoms with Gasteiger partial charge in [-0.3, -0.25) is 4.79 Å². The van der Waals surface area contributed by atoms with Crippen LogP contribution < -0.4 is 14.8 Å². The number of nitrogens with one attached hydrogen (secondary N) is 1. The van der Waals surface area contributed by atoms with Gasteiger partial charge in [-0.05, 0) is 49.6 Å². The molecule has 26 heavy (non-hydrogen) atoms. The van der Waals surface area contributed by atoms with Crippen LogP contribution in [-0.4, -0.2) is 24.8 Å². The number of benzene rings is 1. The molecule has 3 rings (SSSR count). The van der Waals surface area contributed by atoms with Gasteiger partial charge >= 0.3 is 5.97 Å². The summed E-state index contributed by atoms with van der Waals surface area (Å²) in [6, 6.07) is 7.31. The highest BCUT2D eigenvalue weighted by atomic mass is 32.1. The third-order valence-electron chi connectivity index (χ3n) is 4.16. The van der Waals surface area contributed by atoms with Gasteiger partial charge in [-0.15, -0.1) is 11.3 Å². The highest BCUT2D eigenvalue weighted by Gasteiger charge is 2.21. The fourth-order valence-electron chi connectivity index (χ4n) is 2.63. The number of amides is 1. The van der Waals surface area contributed by atoms with E-state index in [-0.39, 0.29) is 12.7 Å². The van der Waals surface area contributed by atoms with E-state index in [0.717, 1.165) is 22.4 Å². The fourth-order valence-corrected chi connectivity index (χ4v) is 3.62. The normalized spacial score (nSPS) is 13.3. The third-order valence-corrected chi connectivity index (χ3v) is 5.23. The van der Waals surface area contributed by atoms with E-state index in [2.05, 4.69) is 5.32 Å². The van der Waals surface area contributed by atoms with Crippen LogP contribution in [-0.2, 0) is 22.5 Å². The summed E-state index contributed by atoms with van der Waals surface area (Å²) in [4.78, 5) is 26.0. The van der Waals surface area contributed by atoms with Gasteiger partial charge in [-0.1, -0.05) is 13.0 Å². The maximum absolute atomic E-state index is 12.2. The van der Waals surface area contributed by atoms with Crippen molar-refractivity contribution in [2.24, 2.45) is 0 Å². The third kappa shape index (κ3) is 3.99. The summed E-state index contributed by atoms with van der Waals surface area (Å²) < 4.78 is 15.9. The van der Waals surface area contributed by atoms with E-state index in [1.54, 1.807) is 13.0 Å². The van der Waals surface area contributed by atoms with Gasteiger partial charge in [0.2, 0.25) is 6.79 Å². The Bertz CT molecular complexity index is 829. The zero-order chi connectivity index (χ0) is 18.7. The predicted molar refractivity (Wildman–Crippen MR) is 97.7 cm³/mol. The van der Waals surface area contributed by atoms with Crippen LogP contribution in [0.15, 0.2) is 24.3 Å². The maximum atomic E-state index is 12.2. The molecule has 2 heterocycles. The first kappa shape index (κ1) is 18.3. The molecule has 0 spiro atoms. The van der Waals surface area contributed by atoms with Crippen LogP contribution in [0.2, 0.25) is 0 Å². The Kier molecular flexibility index (Phi) is 5.46. The molecule has 1 N–H and O–H groups in total. The van der Waals surface area contributed by atoms with Gasteiger partial charge in [0, 0.05) is 11.4 Å². The number of aryl methyl sites for hydroxylation is 2. The number of hydrogen-bond acceptors (Lipinski definition) is 6. The van der Waals surface area contributed by atoms with Crippen molar-refractivity contribution >= 4 is 23.2 Å². The molecule has 2 aromatic rings. The highest BCUT2D eigenvalue weighted by molar-refractivity contribution is 7.14. The lowest BCUT2D eigenvalue weighted by atomic mass is 10.2. The van der Waals surface area contributed by atoms with Gasteiger partial charge in [0.1, 0.15) is 4.88 Å². The molecule has 0 unspecified atom stereocenters. The molecule has 0 saturated heterocycles. The van der Waals surface area contributed by atoms with E-state index in [9.17, 15) is 9.59 Å². The minimum Gasteiger partial charge on any atom is -0.454 e. The molecule has 6 nitrogen and oxygen atoms in total. The number of hydrogen-bond donors (Lipinski definition) is 1. The lowest BCUT2D eigenvalue weighted by Crippen LogP contribution is -2.35. The molecule has 1 atom stereocenters. The molecular formula is C19H21NO5S. The fraction of sp³-hybridized carbons (Fsp3) is 0.368. The summed E-state index contributed by atoms with van der Waals surface area (Å²) in [5, 5.41) is 2.77. The van der Waals surface area contributed by atoms with Gasteiger partial charge < -0.3 is 19.5 Å². The molecule has 0 bridgehead atoms. The maximum Gasteiger partial charge on any atom is 0.349 e. The number of thiophene rings is 1. The van der Waals surface area contributed by atoms with Crippen molar-refractivity contribution < 1.29 is 23.8 Å². The average molecular weight is 375 g/mol. The van der Waals surface area contributed by atoms with Crippen LogP contribution in [0, 0.1) is 6.92 Å². The first-order valence-electron chi connectivity index (χ1n) is 8.44. The second-order valence-electron chi connectivity index (χ2n) is 6.00. The van der Waals surface area contributed by atoms with Crippen molar-refractivity contribution in [3.63, 3.8) is 0 Å². The molecule has 7 heteroatoms. The van der Waals surface area contributed by atoms with Crippen molar-refractivity contribution in [2.45, 2.75) is 39.8 Å². The molecule has 1 aliphatic heterocycles. The quantitative estimate of drug-likeness (QED) is 0.785. The highest BCUT2D eigenvalue weighted by Crippen LogP contribution is 2.32. The largest absolute Gasteiger partial charge is 0.454 e. The van der Waals surface area contributed by atoms with E-state index < -0.39 is 12.1 Å². The second-order valence-corrected chi connectivity index (χ2v) is 7.25. The molecule has 138 valence electrons. The number of rotatable bonds is 6. The van der Waals surface area contributed by atoms with Gasteiger partial charge in [-0.25, -0.2) is 4.79 Å². The molecule has 0 saturated carbocycles. The van der Waals surface area contributed by atoms with E-state index >= 15 is 0 Å². The minimum atomic E-state index is -0.871. The molecule has 1 aromatic heterocycles. The predicted octanol–water partition coefficient (Wildman–Crippen LogP) is 3.21. The monoisotopic (exact) mass is 375 g/mol. The Morgan fingerprint density at radius 1 is 1.27 bits per heavy atom.